The smallest absolute Gasteiger partial charge is 0.243 e. The first-order valence-corrected chi connectivity index (χ1v) is 10.2. The Morgan fingerprint density at radius 1 is 1.15 bits per heavy atom. The van der Waals surface area contributed by atoms with Gasteiger partial charge in [-0.1, -0.05) is 6.07 Å². The summed E-state index contributed by atoms with van der Waals surface area (Å²) in [5, 5.41) is 2.90. The predicted molar refractivity (Wildman–Crippen MR) is 104 cm³/mol. The van der Waals surface area contributed by atoms with Crippen LogP contribution < -0.4 is 10.1 Å². The van der Waals surface area contributed by atoms with E-state index in [0.29, 0.717) is 18.0 Å². The van der Waals surface area contributed by atoms with Crippen molar-refractivity contribution in [2.45, 2.75) is 45.4 Å². The van der Waals surface area contributed by atoms with Gasteiger partial charge < -0.3 is 15.0 Å². The molecular formula is C22H30N2O3. The molecule has 4 saturated carbocycles. The fourth-order valence-electron chi connectivity index (χ4n) is 6.11. The van der Waals surface area contributed by atoms with Crippen molar-refractivity contribution < 1.29 is 14.3 Å². The summed E-state index contributed by atoms with van der Waals surface area (Å²) in [7, 11) is 1.60. The number of likely N-dealkylation sites (N-methyl/N-ethyl adjacent to an activating group) is 1. The maximum atomic E-state index is 13.4. The lowest BCUT2D eigenvalue weighted by molar-refractivity contribution is -0.158. The fourth-order valence-corrected chi connectivity index (χ4v) is 6.11. The maximum absolute atomic E-state index is 13.4. The summed E-state index contributed by atoms with van der Waals surface area (Å²) >= 11 is 0. The lowest BCUT2D eigenvalue weighted by Gasteiger charge is -2.56. The number of rotatable bonds is 6. The van der Waals surface area contributed by atoms with E-state index in [1.54, 1.807) is 18.1 Å². The third-order valence-electron chi connectivity index (χ3n) is 6.85. The Balaban J connectivity index is 1.42. The van der Waals surface area contributed by atoms with Crippen molar-refractivity contribution in [3.63, 3.8) is 0 Å². The zero-order valence-electron chi connectivity index (χ0n) is 16.4. The first kappa shape index (κ1) is 18.3. The normalized spacial score (nSPS) is 30.8. The molecule has 5 heteroatoms. The molecule has 0 heterocycles. The molecule has 1 aromatic carbocycles. The maximum Gasteiger partial charge on any atom is 0.243 e. The third kappa shape index (κ3) is 3.56. The third-order valence-corrected chi connectivity index (χ3v) is 6.85. The van der Waals surface area contributed by atoms with Crippen LogP contribution in [0.3, 0.4) is 0 Å². The quantitative estimate of drug-likeness (QED) is 0.831. The topological polar surface area (TPSA) is 58.6 Å². The lowest BCUT2D eigenvalue weighted by Crippen LogP contribution is -2.55. The van der Waals surface area contributed by atoms with E-state index in [0.717, 1.165) is 37.0 Å². The molecule has 4 fully saturated rings. The number of anilines is 1. The van der Waals surface area contributed by atoms with Gasteiger partial charge >= 0.3 is 0 Å². The van der Waals surface area contributed by atoms with Gasteiger partial charge in [-0.15, -0.1) is 0 Å². The standard InChI is InChI=1S/C22H30N2O3/c1-3-24(14-20(25)23-18-5-4-6-19(10-18)27-2)21(26)22-11-15-7-16(12-22)9-17(8-15)13-22/h4-6,10,15-17H,3,7-9,11-14H2,1-2H3,(H,23,25). The zero-order valence-corrected chi connectivity index (χ0v) is 16.4. The monoisotopic (exact) mass is 370 g/mol. The second kappa shape index (κ2) is 7.17. The average Bonchev–Trinajstić information content (AvgIpc) is 2.64. The van der Waals surface area contributed by atoms with Crippen LogP contribution in [0.25, 0.3) is 0 Å². The van der Waals surface area contributed by atoms with Crippen LogP contribution in [0.15, 0.2) is 24.3 Å². The molecule has 0 aliphatic heterocycles. The summed E-state index contributed by atoms with van der Waals surface area (Å²) in [6.45, 7) is 2.66. The minimum absolute atomic E-state index is 0.119. The van der Waals surface area contributed by atoms with Crippen LogP contribution in [-0.2, 0) is 9.59 Å². The zero-order chi connectivity index (χ0) is 19.0. The van der Waals surface area contributed by atoms with Crippen molar-refractivity contribution in [1.82, 2.24) is 4.90 Å². The van der Waals surface area contributed by atoms with Crippen molar-refractivity contribution in [2.75, 3.05) is 25.5 Å². The molecule has 5 nitrogen and oxygen atoms in total. The van der Waals surface area contributed by atoms with Gasteiger partial charge in [0.25, 0.3) is 0 Å². The highest BCUT2D eigenvalue weighted by Crippen LogP contribution is 2.60. The summed E-state index contributed by atoms with van der Waals surface area (Å²) in [4.78, 5) is 27.8. The molecule has 0 atom stereocenters. The van der Waals surface area contributed by atoms with E-state index in [2.05, 4.69) is 5.32 Å². The Kier molecular flexibility index (Phi) is 4.87. The number of nitrogens with zero attached hydrogens (tertiary/aromatic N) is 1. The van der Waals surface area contributed by atoms with E-state index in [1.165, 1.54) is 19.3 Å². The van der Waals surface area contributed by atoms with Gasteiger partial charge in [-0.2, -0.15) is 0 Å². The molecule has 0 aromatic heterocycles. The van der Waals surface area contributed by atoms with Crippen LogP contribution in [-0.4, -0.2) is 36.9 Å². The van der Waals surface area contributed by atoms with Gasteiger partial charge in [0.2, 0.25) is 11.8 Å². The largest absolute Gasteiger partial charge is 0.497 e. The first-order valence-electron chi connectivity index (χ1n) is 10.2. The van der Waals surface area contributed by atoms with Gasteiger partial charge in [0.05, 0.1) is 19.1 Å². The number of amides is 2. The number of hydrogen-bond acceptors (Lipinski definition) is 3. The van der Waals surface area contributed by atoms with E-state index in [4.69, 9.17) is 4.74 Å². The number of carbonyl (C=O) groups excluding carboxylic acids is 2. The van der Waals surface area contributed by atoms with E-state index in [9.17, 15) is 9.59 Å². The van der Waals surface area contributed by atoms with Crippen LogP contribution in [0, 0.1) is 23.2 Å². The molecule has 27 heavy (non-hydrogen) atoms. The van der Waals surface area contributed by atoms with Crippen molar-refractivity contribution in [3.05, 3.63) is 24.3 Å². The Labute approximate surface area is 161 Å². The predicted octanol–water partition coefficient (Wildman–Crippen LogP) is 3.70. The molecule has 1 aromatic rings. The van der Waals surface area contributed by atoms with E-state index in [1.807, 2.05) is 25.1 Å². The minimum Gasteiger partial charge on any atom is -0.497 e. The number of nitrogens with one attached hydrogen (secondary N) is 1. The molecular weight excluding hydrogens is 340 g/mol. The molecule has 0 unspecified atom stereocenters. The Bertz CT molecular complexity index is 695. The molecule has 1 N–H and O–H groups in total. The van der Waals surface area contributed by atoms with E-state index in [-0.39, 0.29) is 23.8 Å². The Hall–Kier alpha value is -2.04. The van der Waals surface area contributed by atoms with Gasteiger partial charge in [-0.05, 0) is 75.3 Å². The van der Waals surface area contributed by atoms with Crippen molar-refractivity contribution in [2.24, 2.45) is 23.2 Å². The molecule has 4 aliphatic carbocycles. The van der Waals surface area contributed by atoms with Gasteiger partial charge in [0.1, 0.15) is 5.75 Å². The molecule has 5 rings (SSSR count). The van der Waals surface area contributed by atoms with Crippen molar-refractivity contribution in [1.29, 1.82) is 0 Å². The van der Waals surface area contributed by atoms with Crippen molar-refractivity contribution in [3.8, 4) is 5.75 Å². The number of methoxy groups -OCH3 is 1. The number of carbonyl (C=O) groups is 2. The molecule has 2 amide bonds. The van der Waals surface area contributed by atoms with Crippen LogP contribution in [0.5, 0.6) is 5.75 Å². The van der Waals surface area contributed by atoms with E-state index < -0.39 is 0 Å². The summed E-state index contributed by atoms with van der Waals surface area (Å²) in [6.07, 6.45) is 7.04. The highest BCUT2D eigenvalue weighted by Gasteiger charge is 2.55. The Morgan fingerprint density at radius 2 is 1.78 bits per heavy atom. The molecule has 0 radical (unpaired) electrons. The minimum atomic E-state index is -0.193. The lowest BCUT2D eigenvalue weighted by atomic mass is 9.49. The van der Waals surface area contributed by atoms with Gasteiger partial charge in [-0.3, -0.25) is 9.59 Å². The number of ether oxygens (including phenoxy) is 1. The van der Waals surface area contributed by atoms with Gasteiger partial charge in [-0.25, -0.2) is 0 Å². The highest BCUT2D eigenvalue weighted by molar-refractivity contribution is 5.95. The van der Waals surface area contributed by atoms with Crippen LogP contribution >= 0.6 is 0 Å². The van der Waals surface area contributed by atoms with Gasteiger partial charge in [0, 0.05) is 18.3 Å². The second-order valence-corrected chi connectivity index (χ2v) is 8.80. The van der Waals surface area contributed by atoms with Crippen LogP contribution in [0.2, 0.25) is 0 Å². The molecule has 4 bridgehead atoms. The summed E-state index contributed by atoms with van der Waals surface area (Å²) < 4.78 is 5.20. The van der Waals surface area contributed by atoms with Gasteiger partial charge in [0.15, 0.2) is 0 Å². The SMILES string of the molecule is CCN(CC(=O)Nc1cccc(OC)c1)C(=O)C12CC3CC(CC(C3)C1)C2. The first-order chi connectivity index (χ1) is 13.0. The van der Waals surface area contributed by atoms with E-state index >= 15 is 0 Å². The highest BCUT2D eigenvalue weighted by atomic mass is 16.5. The molecule has 0 saturated heterocycles. The second-order valence-electron chi connectivity index (χ2n) is 8.80. The van der Waals surface area contributed by atoms with Crippen LogP contribution in [0.4, 0.5) is 5.69 Å². The summed E-state index contributed by atoms with van der Waals surface area (Å²) in [5.41, 5.74) is 0.499. The Morgan fingerprint density at radius 3 is 2.33 bits per heavy atom. The average molecular weight is 370 g/mol. The molecule has 146 valence electrons. The number of hydrogen-bond donors (Lipinski definition) is 1. The number of benzene rings is 1. The summed E-state index contributed by atoms with van der Waals surface area (Å²) in [5.74, 6) is 2.94. The van der Waals surface area contributed by atoms with Crippen molar-refractivity contribution >= 4 is 17.5 Å². The molecule has 0 spiro atoms. The molecule has 4 aliphatic rings. The fraction of sp³-hybridized carbons (Fsp3) is 0.636. The van der Waals surface area contributed by atoms with Crippen LogP contribution in [0.1, 0.15) is 45.4 Å². The summed E-state index contributed by atoms with van der Waals surface area (Å²) in [6, 6.07) is 7.30.